The zero-order valence-corrected chi connectivity index (χ0v) is 21.2. The molecule has 0 spiro atoms. The van der Waals surface area contributed by atoms with Gasteiger partial charge in [0.25, 0.3) is 5.91 Å². The first kappa shape index (κ1) is 25.3. The molecule has 0 bridgehead atoms. The molecule has 0 saturated heterocycles. The highest BCUT2D eigenvalue weighted by atomic mass is 35.5. The molecule has 0 fully saturated rings. The van der Waals surface area contributed by atoms with Gasteiger partial charge in [-0.2, -0.15) is 5.10 Å². The van der Waals surface area contributed by atoms with Crippen LogP contribution >= 0.6 is 11.6 Å². The van der Waals surface area contributed by atoms with E-state index in [0.717, 1.165) is 22.5 Å². The highest BCUT2D eigenvalue weighted by molar-refractivity contribution is 6.30. The highest BCUT2D eigenvalue weighted by Gasteiger charge is 2.23. The zero-order chi connectivity index (χ0) is 25.0. The fraction of sp³-hybridized carbons (Fsp3) is 0.346. The van der Waals surface area contributed by atoms with E-state index in [1.54, 1.807) is 36.0 Å². The molecule has 0 aliphatic rings. The molecule has 3 aromatic rings. The molecule has 8 heteroatoms. The van der Waals surface area contributed by atoms with Crippen LogP contribution < -0.4 is 10.1 Å². The third-order valence-corrected chi connectivity index (χ3v) is 5.56. The highest BCUT2D eigenvalue weighted by Crippen LogP contribution is 2.27. The summed E-state index contributed by atoms with van der Waals surface area (Å²) < 4.78 is 7.24. The van der Waals surface area contributed by atoms with Gasteiger partial charge in [0.1, 0.15) is 11.6 Å². The van der Waals surface area contributed by atoms with Crippen molar-refractivity contribution in [3.8, 4) is 11.4 Å². The fourth-order valence-electron chi connectivity index (χ4n) is 3.34. The van der Waals surface area contributed by atoms with Gasteiger partial charge in [-0.25, -0.2) is 4.68 Å². The molecule has 0 unspecified atom stereocenters. The van der Waals surface area contributed by atoms with E-state index in [1.165, 1.54) is 4.90 Å². The summed E-state index contributed by atoms with van der Waals surface area (Å²) in [5.74, 6) is 0.444. The van der Waals surface area contributed by atoms with Gasteiger partial charge in [0.05, 0.1) is 17.9 Å². The summed E-state index contributed by atoms with van der Waals surface area (Å²) in [4.78, 5) is 26.6. The Balaban J connectivity index is 1.71. The van der Waals surface area contributed by atoms with E-state index < -0.39 is 0 Å². The van der Waals surface area contributed by atoms with Crippen LogP contribution in [0.4, 0.5) is 5.82 Å². The first-order valence-electron chi connectivity index (χ1n) is 11.0. The molecule has 0 aliphatic heterocycles. The average molecular weight is 483 g/mol. The van der Waals surface area contributed by atoms with Crippen LogP contribution in [-0.2, 0) is 15.0 Å². The number of hydrogen-bond donors (Lipinski definition) is 1. The number of anilines is 1. The van der Waals surface area contributed by atoms with E-state index in [4.69, 9.17) is 21.4 Å². The Hall–Kier alpha value is -3.32. The first-order chi connectivity index (χ1) is 15.9. The van der Waals surface area contributed by atoms with Crippen molar-refractivity contribution in [1.82, 2.24) is 14.7 Å². The molecule has 1 aromatic heterocycles. The maximum atomic E-state index is 12.8. The predicted molar refractivity (Wildman–Crippen MR) is 135 cm³/mol. The maximum absolute atomic E-state index is 12.8. The number of nitrogens with one attached hydrogen (secondary N) is 1. The number of halogens is 1. The van der Waals surface area contributed by atoms with E-state index in [-0.39, 0.29) is 30.4 Å². The molecule has 1 N–H and O–H groups in total. The maximum Gasteiger partial charge on any atom is 0.260 e. The summed E-state index contributed by atoms with van der Waals surface area (Å²) in [7, 11) is 1.56. The standard InChI is InChI=1S/C26H31ClN4O3/c1-17-7-12-21(18(2)13-17)31-23(14-22(29-31)26(3,4)5)28-24(32)15-30(6)25(33)16-34-20-10-8-19(27)9-11-20/h7-14H,15-16H2,1-6H3,(H,28,32). The largest absolute Gasteiger partial charge is 0.484 e. The number of benzene rings is 2. The van der Waals surface area contributed by atoms with Crippen molar-refractivity contribution in [3.63, 3.8) is 0 Å². The Labute approximate surface area is 205 Å². The van der Waals surface area contributed by atoms with Crippen molar-refractivity contribution in [1.29, 1.82) is 0 Å². The molecule has 2 amide bonds. The lowest BCUT2D eigenvalue weighted by Gasteiger charge is -2.18. The molecule has 0 atom stereocenters. The molecule has 2 aromatic carbocycles. The fourth-order valence-corrected chi connectivity index (χ4v) is 3.46. The second-order valence-corrected chi connectivity index (χ2v) is 9.84. The van der Waals surface area contributed by atoms with Gasteiger partial charge in [0.2, 0.25) is 5.91 Å². The Kier molecular flexibility index (Phi) is 7.67. The number of amides is 2. The van der Waals surface area contributed by atoms with Gasteiger partial charge < -0.3 is 15.0 Å². The van der Waals surface area contributed by atoms with Crippen molar-refractivity contribution in [2.24, 2.45) is 0 Å². The summed E-state index contributed by atoms with van der Waals surface area (Å²) in [5, 5.41) is 8.28. The first-order valence-corrected chi connectivity index (χ1v) is 11.4. The van der Waals surface area contributed by atoms with Crippen molar-refractivity contribution in [3.05, 3.63) is 70.4 Å². The van der Waals surface area contributed by atoms with Crippen LogP contribution in [0, 0.1) is 13.8 Å². The van der Waals surface area contributed by atoms with Gasteiger partial charge in [-0.05, 0) is 49.7 Å². The number of aryl methyl sites for hydroxylation is 2. The van der Waals surface area contributed by atoms with Crippen molar-refractivity contribution < 1.29 is 14.3 Å². The van der Waals surface area contributed by atoms with Crippen molar-refractivity contribution >= 4 is 29.2 Å². The van der Waals surface area contributed by atoms with Crippen LogP contribution in [0.15, 0.2) is 48.5 Å². The number of hydrogen-bond acceptors (Lipinski definition) is 4. The monoisotopic (exact) mass is 482 g/mol. The summed E-state index contributed by atoms with van der Waals surface area (Å²) in [6.07, 6.45) is 0. The third kappa shape index (κ3) is 6.38. The van der Waals surface area contributed by atoms with Gasteiger partial charge in [0.15, 0.2) is 6.61 Å². The van der Waals surface area contributed by atoms with E-state index in [9.17, 15) is 9.59 Å². The molecule has 0 saturated carbocycles. The predicted octanol–water partition coefficient (Wildman–Crippen LogP) is 4.92. The molecular formula is C26H31ClN4O3. The molecule has 34 heavy (non-hydrogen) atoms. The minimum absolute atomic E-state index is 0.119. The van der Waals surface area contributed by atoms with Gasteiger partial charge in [-0.3, -0.25) is 9.59 Å². The van der Waals surface area contributed by atoms with Crippen LogP contribution in [0.25, 0.3) is 5.69 Å². The molecule has 1 heterocycles. The van der Waals surface area contributed by atoms with E-state index >= 15 is 0 Å². The Morgan fingerprint density at radius 2 is 1.76 bits per heavy atom. The van der Waals surface area contributed by atoms with Crippen LogP contribution in [-0.4, -0.2) is 46.7 Å². The topological polar surface area (TPSA) is 76.5 Å². The van der Waals surface area contributed by atoms with Gasteiger partial charge in [-0.1, -0.05) is 50.1 Å². The number of carbonyl (C=O) groups excluding carboxylic acids is 2. The lowest BCUT2D eigenvalue weighted by molar-refractivity contribution is -0.135. The average Bonchev–Trinajstić information content (AvgIpc) is 3.16. The van der Waals surface area contributed by atoms with E-state index in [1.807, 2.05) is 32.0 Å². The summed E-state index contributed by atoms with van der Waals surface area (Å²) in [5.41, 5.74) is 3.73. The summed E-state index contributed by atoms with van der Waals surface area (Å²) >= 11 is 5.86. The smallest absolute Gasteiger partial charge is 0.260 e. The van der Waals surface area contributed by atoms with Gasteiger partial charge in [-0.15, -0.1) is 0 Å². The van der Waals surface area contributed by atoms with Crippen molar-refractivity contribution in [2.45, 2.75) is 40.0 Å². The number of carbonyl (C=O) groups is 2. The second-order valence-electron chi connectivity index (χ2n) is 9.41. The van der Waals surface area contributed by atoms with Crippen molar-refractivity contribution in [2.75, 3.05) is 25.5 Å². The number of aromatic nitrogens is 2. The number of rotatable bonds is 7. The lowest BCUT2D eigenvalue weighted by atomic mass is 9.92. The third-order valence-electron chi connectivity index (χ3n) is 5.31. The minimum Gasteiger partial charge on any atom is -0.484 e. The van der Waals surface area contributed by atoms with E-state index in [0.29, 0.717) is 16.6 Å². The normalized spacial score (nSPS) is 11.3. The quantitative estimate of drug-likeness (QED) is 0.518. The van der Waals surface area contributed by atoms with Gasteiger partial charge >= 0.3 is 0 Å². The molecule has 0 aliphatic carbocycles. The number of nitrogens with zero attached hydrogens (tertiary/aromatic N) is 3. The van der Waals surface area contributed by atoms with Crippen LogP contribution in [0.3, 0.4) is 0 Å². The molecule has 7 nitrogen and oxygen atoms in total. The summed E-state index contributed by atoms with van der Waals surface area (Å²) in [6, 6.07) is 14.7. The SMILES string of the molecule is Cc1ccc(-n2nc(C(C)(C)C)cc2NC(=O)CN(C)C(=O)COc2ccc(Cl)cc2)c(C)c1. The molecule has 0 radical (unpaired) electrons. The van der Waals surface area contributed by atoms with Gasteiger partial charge in [0, 0.05) is 23.6 Å². The molecule has 180 valence electrons. The Bertz CT molecular complexity index is 1180. The summed E-state index contributed by atoms with van der Waals surface area (Å²) in [6.45, 7) is 9.96. The van der Waals surface area contributed by atoms with Crippen LogP contribution in [0.5, 0.6) is 5.75 Å². The molecule has 3 rings (SSSR count). The van der Waals surface area contributed by atoms with Crippen LogP contribution in [0.2, 0.25) is 5.02 Å². The number of ether oxygens (including phenoxy) is 1. The second kappa shape index (κ2) is 10.3. The molecular weight excluding hydrogens is 452 g/mol. The Morgan fingerprint density at radius 3 is 2.38 bits per heavy atom. The Morgan fingerprint density at radius 1 is 1.09 bits per heavy atom. The minimum atomic E-state index is -0.325. The zero-order valence-electron chi connectivity index (χ0n) is 20.5. The lowest BCUT2D eigenvalue weighted by Crippen LogP contribution is -2.37. The van der Waals surface area contributed by atoms with E-state index in [2.05, 4.69) is 32.2 Å². The number of likely N-dealkylation sites (N-methyl/N-ethyl adjacent to an activating group) is 1. The van der Waals surface area contributed by atoms with Crippen LogP contribution in [0.1, 0.15) is 37.6 Å².